The Bertz CT molecular complexity index is 110. The fourth-order valence-corrected chi connectivity index (χ4v) is 1.19. The van der Waals surface area contributed by atoms with Crippen molar-refractivity contribution in [1.82, 2.24) is 0 Å². The molecule has 0 aromatic carbocycles. The zero-order valence-electron chi connectivity index (χ0n) is 8.62. The number of hydrogen-bond acceptors (Lipinski definition) is 2. The second kappa shape index (κ2) is 5.55. The van der Waals surface area contributed by atoms with Crippen molar-refractivity contribution in [3.8, 4) is 0 Å². The van der Waals surface area contributed by atoms with Gasteiger partial charge in [-0.15, -0.1) is 0 Å². The van der Waals surface area contributed by atoms with Crippen LogP contribution in [0.1, 0.15) is 40.5 Å². The van der Waals surface area contributed by atoms with Crippen LogP contribution in [0, 0.1) is 11.8 Å². The lowest BCUT2D eigenvalue weighted by Gasteiger charge is -2.19. The van der Waals surface area contributed by atoms with E-state index in [1.165, 1.54) is 0 Å². The summed E-state index contributed by atoms with van der Waals surface area (Å²) in [4.78, 5) is 0. The summed E-state index contributed by atoms with van der Waals surface area (Å²) in [7, 11) is 0. The highest BCUT2D eigenvalue weighted by Gasteiger charge is 2.15. The molecule has 0 aromatic rings. The summed E-state index contributed by atoms with van der Waals surface area (Å²) >= 11 is 0. The Labute approximate surface area is 75.6 Å². The highest BCUT2D eigenvalue weighted by Crippen LogP contribution is 2.13. The number of aliphatic hydroxyl groups is 2. The van der Waals surface area contributed by atoms with Crippen molar-refractivity contribution in [2.24, 2.45) is 11.8 Å². The maximum absolute atomic E-state index is 9.48. The average Bonchev–Trinajstić information content (AvgIpc) is 1.84. The summed E-state index contributed by atoms with van der Waals surface area (Å²) in [6.45, 7) is 8.08. The van der Waals surface area contributed by atoms with Crippen LogP contribution in [0.15, 0.2) is 0 Å². The van der Waals surface area contributed by atoms with Gasteiger partial charge in [-0.05, 0) is 24.7 Å². The molecule has 0 heterocycles. The Hall–Kier alpha value is -0.0800. The molecule has 2 heteroatoms. The highest BCUT2D eigenvalue weighted by molar-refractivity contribution is 4.67. The fourth-order valence-electron chi connectivity index (χ4n) is 1.19. The van der Waals surface area contributed by atoms with Gasteiger partial charge in [0, 0.05) is 0 Å². The maximum Gasteiger partial charge on any atom is 0.0587 e. The lowest BCUT2D eigenvalue weighted by atomic mass is 9.96. The van der Waals surface area contributed by atoms with Crippen LogP contribution in [-0.2, 0) is 0 Å². The summed E-state index contributed by atoms with van der Waals surface area (Å²) in [5, 5.41) is 18.9. The van der Waals surface area contributed by atoms with Crippen LogP contribution in [0.25, 0.3) is 0 Å². The molecule has 0 aliphatic heterocycles. The largest absolute Gasteiger partial charge is 0.393 e. The quantitative estimate of drug-likeness (QED) is 0.667. The van der Waals surface area contributed by atoms with Gasteiger partial charge in [-0.3, -0.25) is 0 Å². The zero-order chi connectivity index (χ0) is 9.72. The van der Waals surface area contributed by atoms with E-state index in [9.17, 15) is 10.2 Å². The third-order valence-corrected chi connectivity index (χ3v) is 2.03. The molecule has 0 saturated carbocycles. The molecule has 2 nitrogen and oxygen atoms in total. The molecule has 0 radical (unpaired) electrons. The minimum absolute atomic E-state index is 0.242. The van der Waals surface area contributed by atoms with E-state index in [-0.39, 0.29) is 18.1 Å². The maximum atomic E-state index is 9.48. The fraction of sp³-hybridized carbons (Fsp3) is 1.00. The lowest BCUT2D eigenvalue weighted by Crippen LogP contribution is -2.23. The smallest absolute Gasteiger partial charge is 0.0587 e. The third kappa shape index (κ3) is 5.56. The van der Waals surface area contributed by atoms with E-state index in [4.69, 9.17) is 0 Å². The summed E-state index contributed by atoms with van der Waals surface area (Å²) in [6, 6.07) is 0. The Morgan fingerprint density at radius 1 is 0.917 bits per heavy atom. The Morgan fingerprint density at radius 2 is 1.42 bits per heavy atom. The van der Waals surface area contributed by atoms with Gasteiger partial charge in [0.25, 0.3) is 0 Å². The van der Waals surface area contributed by atoms with Crippen LogP contribution in [0.2, 0.25) is 0 Å². The zero-order valence-corrected chi connectivity index (χ0v) is 8.62. The SMILES string of the molecule is CC(C)C[C@@H](O)C[C@@H](O)C(C)C. The van der Waals surface area contributed by atoms with Gasteiger partial charge in [-0.25, -0.2) is 0 Å². The molecule has 12 heavy (non-hydrogen) atoms. The van der Waals surface area contributed by atoms with Crippen LogP contribution in [0.5, 0.6) is 0 Å². The van der Waals surface area contributed by atoms with Gasteiger partial charge in [0.05, 0.1) is 12.2 Å². The van der Waals surface area contributed by atoms with Crippen molar-refractivity contribution >= 4 is 0 Å². The number of aliphatic hydroxyl groups excluding tert-OH is 2. The number of rotatable bonds is 5. The summed E-state index contributed by atoms with van der Waals surface area (Å²) < 4.78 is 0. The molecule has 2 N–H and O–H groups in total. The van der Waals surface area contributed by atoms with E-state index in [1.54, 1.807) is 0 Å². The Morgan fingerprint density at radius 3 is 1.75 bits per heavy atom. The van der Waals surface area contributed by atoms with Crippen molar-refractivity contribution in [3.05, 3.63) is 0 Å². The van der Waals surface area contributed by atoms with Crippen molar-refractivity contribution in [1.29, 1.82) is 0 Å². The Kier molecular flexibility index (Phi) is 5.51. The molecule has 0 aliphatic rings. The molecule has 0 unspecified atom stereocenters. The van der Waals surface area contributed by atoms with Crippen LogP contribution in [0.3, 0.4) is 0 Å². The summed E-state index contributed by atoms with van der Waals surface area (Å²) in [6.07, 6.45) is 0.584. The molecule has 0 rings (SSSR count). The lowest BCUT2D eigenvalue weighted by molar-refractivity contribution is 0.0446. The van der Waals surface area contributed by atoms with Crippen molar-refractivity contribution in [2.75, 3.05) is 0 Å². The first-order valence-electron chi connectivity index (χ1n) is 4.79. The Balaban J connectivity index is 3.61. The first-order chi connectivity index (χ1) is 5.43. The summed E-state index contributed by atoms with van der Waals surface area (Å²) in [5.74, 6) is 0.742. The molecule has 0 fully saturated rings. The van der Waals surface area contributed by atoms with Gasteiger partial charge in [-0.1, -0.05) is 27.7 Å². The molecule has 0 spiro atoms. The molecule has 0 aromatic heterocycles. The van der Waals surface area contributed by atoms with E-state index in [2.05, 4.69) is 13.8 Å². The van der Waals surface area contributed by atoms with Crippen LogP contribution in [0.4, 0.5) is 0 Å². The van der Waals surface area contributed by atoms with Crippen molar-refractivity contribution in [3.63, 3.8) is 0 Å². The second-order valence-electron chi connectivity index (χ2n) is 4.33. The first-order valence-corrected chi connectivity index (χ1v) is 4.79. The summed E-state index contributed by atoms with van der Waals surface area (Å²) in [5.41, 5.74) is 0. The highest BCUT2D eigenvalue weighted by atomic mass is 16.3. The van der Waals surface area contributed by atoms with E-state index in [1.807, 2.05) is 13.8 Å². The van der Waals surface area contributed by atoms with Crippen LogP contribution >= 0.6 is 0 Å². The van der Waals surface area contributed by atoms with Gasteiger partial charge >= 0.3 is 0 Å². The predicted molar refractivity (Wildman–Crippen MR) is 50.9 cm³/mol. The van der Waals surface area contributed by atoms with Gasteiger partial charge in [0.15, 0.2) is 0 Å². The molecule has 0 amide bonds. The molecular weight excluding hydrogens is 152 g/mol. The van der Waals surface area contributed by atoms with Crippen LogP contribution < -0.4 is 0 Å². The van der Waals surface area contributed by atoms with E-state index in [0.717, 1.165) is 6.42 Å². The van der Waals surface area contributed by atoms with Gasteiger partial charge < -0.3 is 10.2 Å². The minimum atomic E-state index is -0.362. The number of hydrogen-bond donors (Lipinski definition) is 2. The molecule has 74 valence electrons. The van der Waals surface area contributed by atoms with Gasteiger partial charge in [0.2, 0.25) is 0 Å². The van der Waals surface area contributed by atoms with Gasteiger partial charge in [0.1, 0.15) is 0 Å². The normalized spacial score (nSPS) is 17.0. The molecule has 0 aliphatic carbocycles. The third-order valence-electron chi connectivity index (χ3n) is 2.03. The molecular formula is C10H22O2. The van der Waals surface area contributed by atoms with Crippen LogP contribution in [-0.4, -0.2) is 22.4 Å². The molecule has 0 bridgehead atoms. The van der Waals surface area contributed by atoms with E-state index in [0.29, 0.717) is 12.3 Å². The van der Waals surface area contributed by atoms with E-state index < -0.39 is 0 Å². The standard InChI is InChI=1S/C10H22O2/c1-7(2)5-9(11)6-10(12)8(3)4/h7-12H,5-6H2,1-4H3/t9-,10-/m1/s1. The van der Waals surface area contributed by atoms with E-state index >= 15 is 0 Å². The van der Waals surface area contributed by atoms with Gasteiger partial charge in [-0.2, -0.15) is 0 Å². The predicted octanol–water partition coefficient (Wildman–Crippen LogP) is 1.80. The molecule has 0 saturated heterocycles. The topological polar surface area (TPSA) is 40.5 Å². The monoisotopic (exact) mass is 174 g/mol. The second-order valence-corrected chi connectivity index (χ2v) is 4.33. The first kappa shape index (κ1) is 11.9. The minimum Gasteiger partial charge on any atom is -0.393 e. The average molecular weight is 174 g/mol. The molecule has 2 atom stereocenters. The van der Waals surface area contributed by atoms with Crippen molar-refractivity contribution in [2.45, 2.75) is 52.7 Å². The van der Waals surface area contributed by atoms with Crippen molar-refractivity contribution < 1.29 is 10.2 Å².